The van der Waals surface area contributed by atoms with Gasteiger partial charge < -0.3 is 15.7 Å². The molecular weight excluding hydrogens is 264 g/mol. The number of hydrogen-bond acceptors (Lipinski definition) is 3. The molecule has 0 spiro atoms. The highest BCUT2D eigenvalue weighted by Crippen LogP contribution is 2.31. The van der Waals surface area contributed by atoms with Crippen LogP contribution in [0.3, 0.4) is 0 Å². The van der Waals surface area contributed by atoms with E-state index < -0.39 is 0 Å². The smallest absolute Gasteiger partial charge is 0.221 e. The number of fused-ring (bicyclic) bond motifs is 1. The van der Waals surface area contributed by atoms with Crippen molar-refractivity contribution in [1.29, 1.82) is 0 Å². The van der Waals surface area contributed by atoms with E-state index in [4.69, 9.17) is 0 Å². The Bertz CT molecular complexity index is 486. The molecule has 4 nitrogen and oxygen atoms in total. The summed E-state index contributed by atoms with van der Waals surface area (Å²) in [5.41, 5.74) is 2.49. The maximum absolute atomic E-state index is 11.7. The first kappa shape index (κ1) is 15.8. The third-order valence-corrected chi connectivity index (χ3v) is 3.89. The van der Waals surface area contributed by atoms with E-state index in [0.717, 1.165) is 25.8 Å². The van der Waals surface area contributed by atoms with Crippen LogP contribution in [0.2, 0.25) is 0 Å². The number of phenolic OH excluding ortho intramolecular Hbond substituents is 1. The third kappa shape index (κ3) is 4.74. The van der Waals surface area contributed by atoms with Crippen LogP contribution in [0.15, 0.2) is 18.2 Å². The van der Waals surface area contributed by atoms with Gasteiger partial charge in [0, 0.05) is 25.6 Å². The number of carbonyl (C=O) groups is 1. The standard InChI is InChI=1S/C17H26N2O2/c1-12(2)11-19-17(21)8-9-18-16-5-3-4-13-10-14(20)6-7-15(13)16/h6-7,10,12,16,18,20H,3-5,8-9,11H2,1-2H3,(H,19,21). The zero-order valence-corrected chi connectivity index (χ0v) is 13.0. The van der Waals surface area contributed by atoms with Crippen molar-refractivity contribution in [3.63, 3.8) is 0 Å². The van der Waals surface area contributed by atoms with Crippen molar-refractivity contribution in [2.45, 2.75) is 45.6 Å². The number of benzene rings is 1. The molecule has 0 saturated carbocycles. The molecule has 0 aliphatic heterocycles. The van der Waals surface area contributed by atoms with Crippen LogP contribution >= 0.6 is 0 Å². The van der Waals surface area contributed by atoms with Crippen LogP contribution in [0, 0.1) is 5.92 Å². The number of nitrogens with one attached hydrogen (secondary N) is 2. The molecule has 2 rings (SSSR count). The topological polar surface area (TPSA) is 61.4 Å². The number of aryl methyl sites for hydroxylation is 1. The molecule has 0 saturated heterocycles. The summed E-state index contributed by atoms with van der Waals surface area (Å²) in [4.78, 5) is 11.7. The molecule has 1 amide bonds. The number of rotatable bonds is 6. The maximum Gasteiger partial charge on any atom is 0.221 e. The molecule has 4 heteroatoms. The Morgan fingerprint density at radius 3 is 3.00 bits per heavy atom. The Morgan fingerprint density at radius 1 is 1.43 bits per heavy atom. The second-order valence-corrected chi connectivity index (χ2v) is 6.23. The Labute approximate surface area is 126 Å². The predicted octanol–water partition coefficient (Wildman–Crippen LogP) is 2.52. The van der Waals surface area contributed by atoms with Gasteiger partial charge in [0.1, 0.15) is 5.75 Å². The molecule has 3 N–H and O–H groups in total. The second kappa shape index (κ2) is 7.46. The number of phenols is 1. The van der Waals surface area contributed by atoms with Crippen LogP contribution in [0.4, 0.5) is 0 Å². The normalized spacial score (nSPS) is 17.6. The molecule has 0 heterocycles. The fourth-order valence-corrected chi connectivity index (χ4v) is 2.78. The highest BCUT2D eigenvalue weighted by Gasteiger charge is 2.20. The highest BCUT2D eigenvalue weighted by molar-refractivity contribution is 5.76. The van der Waals surface area contributed by atoms with Gasteiger partial charge in [0.05, 0.1) is 0 Å². The molecule has 1 unspecified atom stereocenters. The summed E-state index contributed by atoms with van der Waals surface area (Å²) in [6.07, 6.45) is 3.74. The summed E-state index contributed by atoms with van der Waals surface area (Å²) >= 11 is 0. The average molecular weight is 290 g/mol. The Hall–Kier alpha value is -1.55. The van der Waals surface area contributed by atoms with Gasteiger partial charge in [0.25, 0.3) is 0 Å². The lowest BCUT2D eigenvalue weighted by Gasteiger charge is -2.26. The van der Waals surface area contributed by atoms with E-state index in [1.165, 1.54) is 11.1 Å². The van der Waals surface area contributed by atoms with Crippen LogP contribution in [-0.4, -0.2) is 24.1 Å². The molecule has 0 bridgehead atoms. The van der Waals surface area contributed by atoms with Crippen molar-refractivity contribution in [2.24, 2.45) is 5.92 Å². The lowest BCUT2D eigenvalue weighted by molar-refractivity contribution is -0.121. The van der Waals surface area contributed by atoms with Crippen molar-refractivity contribution < 1.29 is 9.90 Å². The van der Waals surface area contributed by atoms with Gasteiger partial charge in [-0.3, -0.25) is 4.79 Å². The molecule has 1 aliphatic carbocycles. The average Bonchev–Trinajstić information content (AvgIpc) is 2.45. The Kier molecular flexibility index (Phi) is 5.62. The summed E-state index contributed by atoms with van der Waals surface area (Å²) in [7, 11) is 0. The zero-order chi connectivity index (χ0) is 15.2. The largest absolute Gasteiger partial charge is 0.508 e. The van der Waals surface area contributed by atoms with Crippen LogP contribution in [0.1, 0.15) is 50.3 Å². The van der Waals surface area contributed by atoms with Crippen molar-refractivity contribution in [3.8, 4) is 5.75 Å². The first-order valence-electron chi connectivity index (χ1n) is 7.88. The van der Waals surface area contributed by atoms with Gasteiger partial charge in [-0.1, -0.05) is 19.9 Å². The summed E-state index contributed by atoms with van der Waals surface area (Å²) in [5.74, 6) is 0.931. The van der Waals surface area contributed by atoms with E-state index >= 15 is 0 Å². The lowest BCUT2D eigenvalue weighted by Crippen LogP contribution is -2.32. The minimum absolute atomic E-state index is 0.109. The monoisotopic (exact) mass is 290 g/mol. The molecule has 1 aromatic carbocycles. The van der Waals surface area contributed by atoms with Gasteiger partial charge in [0.15, 0.2) is 0 Å². The summed E-state index contributed by atoms with van der Waals surface area (Å²) in [6, 6.07) is 5.90. The molecule has 1 aliphatic rings. The predicted molar refractivity (Wildman–Crippen MR) is 84.3 cm³/mol. The van der Waals surface area contributed by atoms with E-state index in [1.807, 2.05) is 12.1 Å². The Morgan fingerprint density at radius 2 is 2.24 bits per heavy atom. The Balaban J connectivity index is 1.81. The maximum atomic E-state index is 11.7. The first-order valence-corrected chi connectivity index (χ1v) is 7.88. The van der Waals surface area contributed by atoms with E-state index in [-0.39, 0.29) is 5.91 Å². The van der Waals surface area contributed by atoms with Crippen molar-refractivity contribution in [1.82, 2.24) is 10.6 Å². The fourth-order valence-electron chi connectivity index (χ4n) is 2.78. The molecule has 0 fully saturated rings. The summed E-state index contributed by atoms with van der Waals surface area (Å²) in [5, 5.41) is 16.0. The van der Waals surface area contributed by atoms with Gasteiger partial charge in [-0.05, 0) is 48.4 Å². The van der Waals surface area contributed by atoms with E-state index in [1.54, 1.807) is 6.07 Å². The van der Waals surface area contributed by atoms with Gasteiger partial charge in [-0.2, -0.15) is 0 Å². The van der Waals surface area contributed by atoms with Gasteiger partial charge in [-0.25, -0.2) is 0 Å². The minimum Gasteiger partial charge on any atom is -0.508 e. The van der Waals surface area contributed by atoms with Crippen molar-refractivity contribution >= 4 is 5.91 Å². The number of hydrogen-bond donors (Lipinski definition) is 3. The summed E-state index contributed by atoms with van der Waals surface area (Å²) in [6.45, 7) is 5.61. The molecule has 1 aromatic rings. The molecule has 1 atom stereocenters. The number of amides is 1. The molecule has 116 valence electrons. The van der Waals surface area contributed by atoms with Gasteiger partial charge in [-0.15, -0.1) is 0 Å². The van der Waals surface area contributed by atoms with E-state index in [2.05, 4.69) is 24.5 Å². The lowest BCUT2D eigenvalue weighted by atomic mass is 9.87. The first-order chi connectivity index (χ1) is 10.1. The van der Waals surface area contributed by atoms with Crippen LogP contribution in [0.25, 0.3) is 0 Å². The second-order valence-electron chi connectivity index (χ2n) is 6.23. The van der Waals surface area contributed by atoms with Gasteiger partial charge in [0.2, 0.25) is 5.91 Å². The molecule has 0 aromatic heterocycles. The minimum atomic E-state index is 0.109. The van der Waals surface area contributed by atoms with E-state index in [0.29, 0.717) is 30.7 Å². The molecule has 0 radical (unpaired) electrons. The molecular formula is C17H26N2O2. The van der Waals surface area contributed by atoms with Crippen LogP contribution in [-0.2, 0) is 11.2 Å². The molecule has 21 heavy (non-hydrogen) atoms. The van der Waals surface area contributed by atoms with Crippen LogP contribution < -0.4 is 10.6 Å². The van der Waals surface area contributed by atoms with Crippen molar-refractivity contribution in [3.05, 3.63) is 29.3 Å². The summed E-state index contributed by atoms with van der Waals surface area (Å²) < 4.78 is 0. The SMILES string of the molecule is CC(C)CNC(=O)CCNC1CCCc2cc(O)ccc21. The zero-order valence-electron chi connectivity index (χ0n) is 13.0. The van der Waals surface area contributed by atoms with Gasteiger partial charge >= 0.3 is 0 Å². The van der Waals surface area contributed by atoms with E-state index in [9.17, 15) is 9.90 Å². The highest BCUT2D eigenvalue weighted by atomic mass is 16.3. The van der Waals surface area contributed by atoms with Crippen LogP contribution in [0.5, 0.6) is 5.75 Å². The quantitative estimate of drug-likeness (QED) is 0.754. The fraction of sp³-hybridized carbons (Fsp3) is 0.588. The third-order valence-electron chi connectivity index (χ3n) is 3.89. The number of carbonyl (C=O) groups excluding carboxylic acids is 1. The van der Waals surface area contributed by atoms with Crippen molar-refractivity contribution in [2.75, 3.05) is 13.1 Å². The number of aromatic hydroxyl groups is 1.